The van der Waals surface area contributed by atoms with E-state index in [9.17, 15) is 0 Å². The third-order valence-electron chi connectivity index (χ3n) is 2.79. The lowest BCUT2D eigenvalue weighted by atomic mass is 10.2. The first-order chi connectivity index (χ1) is 8.43. The Kier molecular flexibility index (Phi) is 2.71. The molecule has 0 bridgehead atoms. The molecule has 1 aliphatic rings. The van der Waals surface area contributed by atoms with Gasteiger partial charge in [-0.15, -0.1) is 5.10 Å². The van der Waals surface area contributed by atoms with Gasteiger partial charge in [0.05, 0.1) is 24.0 Å². The number of nitrogens with zero attached hydrogens (tertiary/aromatic N) is 4. The molecular formula is C11H13N5O. The molecule has 0 amide bonds. The molecule has 1 aromatic heterocycles. The average molecular weight is 231 g/mol. The van der Waals surface area contributed by atoms with Crippen LogP contribution in [0.2, 0.25) is 0 Å². The molecule has 1 saturated heterocycles. The second kappa shape index (κ2) is 4.50. The maximum atomic E-state index is 5.35. The average Bonchev–Trinajstić information content (AvgIpc) is 3.01. The van der Waals surface area contributed by atoms with Crippen LogP contribution in [0, 0.1) is 0 Å². The number of hydrogen-bond donors (Lipinski definition) is 1. The molecule has 1 fully saturated rings. The van der Waals surface area contributed by atoms with Crippen molar-refractivity contribution in [1.82, 2.24) is 20.2 Å². The Bertz CT molecular complexity index is 478. The Morgan fingerprint density at radius 1 is 1.35 bits per heavy atom. The molecule has 2 aromatic rings. The van der Waals surface area contributed by atoms with Crippen LogP contribution < -0.4 is 5.32 Å². The molecule has 0 radical (unpaired) electrons. The van der Waals surface area contributed by atoms with Gasteiger partial charge in [-0.1, -0.05) is 12.1 Å². The predicted molar refractivity (Wildman–Crippen MR) is 62.0 cm³/mol. The van der Waals surface area contributed by atoms with E-state index < -0.39 is 0 Å². The number of aromatic nitrogens is 4. The van der Waals surface area contributed by atoms with Crippen molar-refractivity contribution in [3.63, 3.8) is 0 Å². The molecule has 3 rings (SSSR count). The third-order valence-corrected chi connectivity index (χ3v) is 2.79. The van der Waals surface area contributed by atoms with Crippen molar-refractivity contribution >= 4 is 5.69 Å². The first kappa shape index (κ1) is 10.2. The van der Waals surface area contributed by atoms with Gasteiger partial charge in [0.2, 0.25) is 0 Å². The topological polar surface area (TPSA) is 64.9 Å². The van der Waals surface area contributed by atoms with Gasteiger partial charge >= 0.3 is 0 Å². The van der Waals surface area contributed by atoms with Gasteiger partial charge in [0.25, 0.3) is 0 Å². The fourth-order valence-corrected chi connectivity index (χ4v) is 1.94. The highest BCUT2D eigenvalue weighted by Gasteiger charge is 2.16. The number of ether oxygens (including phenoxy) is 1. The molecule has 1 aliphatic heterocycles. The highest BCUT2D eigenvalue weighted by molar-refractivity contribution is 5.60. The monoisotopic (exact) mass is 231 g/mol. The van der Waals surface area contributed by atoms with Gasteiger partial charge in [-0.3, -0.25) is 0 Å². The molecule has 1 atom stereocenters. The van der Waals surface area contributed by atoms with E-state index >= 15 is 0 Å². The Morgan fingerprint density at radius 3 is 3.06 bits per heavy atom. The van der Waals surface area contributed by atoms with Crippen LogP contribution in [-0.2, 0) is 4.74 Å². The van der Waals surface area contributed by atoms with Gasteiger partial charge in [-0.05, 0) is 29.0 Å². The third kappa shape index (κ3) is 2.12. The van der Waals surface area contributed by atoms with Crippen molar-refractivity contribution < 1.29 is 4.74 Å². The lowest BCUT2D eigenvalue weighted by Crippen LogP contribution is -2.20. The van der Waals surface area contributed by atoms with E-state index in [1.54, 1.807) is 11.0 Å². The fraction of sp³-hybridized carbons (Fsp3) is 0.364. The van der Waals surface area contributed by atoms with Crippen LogP contribution in [0.25, 0.3) is 5.69 Å². The summed E-state index contributed by atoms with van der Waals surface area (Å²) in [5.41, 5.74) is 1.97. The zero-order valence-electron chi connectivity index (χ0n) is 9.28. The summed E-state index contributed by atoms with van der Waals surface area (Å²) < 4.78 is 7.00. The van der Waals surface area contributed by atoms with Crippen LogP contribution >= 0.6 is 0 Å². The molecule has 1 N–H and O–H groups in total. The number of anilines is 1. The summed E-state index contributed by atoms with van der Waals surface area (Å²) in [6.45, 7) is 1.58. The number of benzene rings is 1. The van der Waals surface area contributed by atoms with Crippen LogP contribution in [-0.4, -0.2) is 39.5 Å². The predicted octanol–water partition coefficient (Wildman–Crippen LogP) is 0.863. The highest BCUT2D eigenvalue weighted by Crippen LogP contribution is 2.21. The van der Waals surface area contributed by atoms with E-state index in [4.69, 9.17) is 4.74 Å². The normalized spacial score (nSPS) is 19.4. The number of hydrogen-bond acceptors (Lipinski definition) is 5. The Hall–Kier alpha value is -1.95. The van der Waals surface area contributed by atoms with Crippen molar-refractivity contribution in [3.8, 4) is 5.69 Å². The number of para-hydroxylation sites is 2. The van der Waals surface area contributed by atoms with Gasteiger partial charge in [0, 0.05) is 6.61 Å². The van der Waals surface area contributed by atoms with Gasteiger partial charge in [0.15, 0.2) is 0 Å². The Morgan fingerprint density at radius 2 is 2.29 bits per heavy atom. The molecule has 0 saturated carbocycles. The van der Waals surface area contributed by atoms with Crippen molar-refractivity contribution in [1.29, 1.82) is 0 Å². The summed E-state index contributed by atoms with van der Waals surface area (Å²) in [7, 11) is 0. The summed E-state index contributed by atoms with van der Waals surface area (Å²) >= 11 is 0. The number of rotatable bonds is 3. The molecule has 17 heavy (non-hydrogen) atoms. The summed E-state index contributed by atoms with van der Waals surface area (Å²) in [4.78, 5) is 0. The molecule has 1 unspecified atom stereocenters. The van der Waals surface area contributed by atoms with Crippen LogP contribution in [0.15, 0.2) is 30.6 Å². The van der Waals surface area contributed by atoms with E-state index in [1.165, 1.54) is 0 Å². The first-order valence-corrected chi connectivity index (χ1v) is 5.60. The van der Waals surface area contributed by atoms with E-state index in [2.05, 4.69) is 20.8 Å². The maximum absolute atomic E-state index is 5.35. The molecule has 1 aromatic carbocycles. The van der Waals surface area contributed by atoms with Crippen LogP contribution in [0.5, 0.6) is 0 Å². The second-order valence-corrected chi connectivity index (χ2v) is 3.98. The summed E-state index contributed by atoms with van der Waals surface area (Å²) in [6.07, 6.45) is 2.62. The molecule has 0 aliphatic carbocycles. The van der Waals surface area contributed by atoms with E-state index in [-0.39, 0.29) is 0 Å². The Labute approximate surface area is 98.6 Å². The lowest BCUT2D eigenvalue weighted by molar-refractivity contribution is 0.195. The maximum Gasteiger partial charge on any atom is 0.143 e. The molecule has 88 valence electrons. The minimum Gasteiger partial charge on any atom is -0.379 e. The van der Waals surface area contributed by atoms with Crippen molar-refractivity contribution in [2.45, 2.75) is 12.5 Å². The van der Waals surface area contributed by atoms with Gasteiger partial charge in [-0.25, -0.2) is 0 Å². The van der Waals surface area contributed by atoms with Crippen LogP contribution in [0.4, 0.5) is 5.69 Å². The molecule has 2 heterocycles. The van der Waals surface area contributed by atoms with Crippen molar-refractivity contribution in [3.05, 3.63) is 30.6 Å². The lowest BCUT2D eigenvalue weighted by Gasteiger charge is -2.15. The van der Waals surface area contributed by atoms with E-state index in [1.807, 2.05) is 24.3 Å². The SMILES string of the molecule is c1ccc(-n2cnnn2)c(NC2CCOC2)c1. The zero-order valence-corrected chi connectivity index (χ0v) is 9.28. The van der Waals surface area contributed by atoms with Crippen molar-refractivity contribution in [2.75, 3.05) is 18.5 Å². The standard InChI is InChI=1S/C11H13N5O/c1-2-4-11(16-8-12-14-15-16)10(3-1)13-9-5-6-17-7-9/h1-4,8-9,13H,5-7H2. The summed E-state index contributed by atoms with van der Waals surface area (Å²) in [6, 6.07) is 8.33. The highest BCUT2D eigenvalue weighted by atomic mass is 16.5. The zero-order chi connectivity index (χ0) is 11.5. The van der Waals surface area contributed by atoms with Crippen LogP contribution in [0.3, 0.4) is 0 Å². The summed E-state index contributed by atoms with van der Waals surface area (Å²) in [5, 5.41) is 14.7. The Balaban J connectivity index is 1.88. The smallest absolute Gasteiger partial charge is 0.143 e. The minimum atomic E-state index is 0.368. The molecular weight excluding hydrogens is 218 g/mol. The van der Waals surface area contributed by atoms with Crippen LogP contribution in [0.1, 0.15) is 6.42 Å². The second-order valence-electron chi connectivity index (χ2n) is 3.98. The first-order valence-electron chi connectivity index (χ1n) is 5.60. The van der Waals surface area contributed by atoms with Gasteiger partial charge < -0.3 is 10.1 Å². The molecule has 6 heteroatoms. The van der Waals surface area contributed by atoms with Gasteiger partial charge in [0.1, 0.15) is 6.33 Å². The number of nitrogens with one attached hydrogen (secondary N) is 1. The minimum absolute atomic E-state index is 0.368. The molecule has 6 nitrogen and oxygen atoms in total. The van der Waals surface area contributed by atoms with E-state index in [0.717, 1.165) is 31.0 Å². The molecule has 0 spiro atoms. The number of tetrazole rings is 1. The fourth-order valence-electron chi connectivity index (χ4n) is 1.94. The summed E-state index contributed by atoms with van der Waals surface area (Å²) in [5.74, 6) is 0. The largest absolute Gasteiger partial charge is 0.379 e. The quantitative estimate of drug-likeness (QED) is 0.848. The van der Waals surface area contributed by atoms with Gasteiger partial charge in [-0.2, -0.15) is 4.68 Å². The van der Waals surface area contributed by atoms with Crippen molar-refractivity contribution in [2.24, 2.45) is 0 Å². The van der Waals surface area contributed by atoms with E-state index in [0.29, 0.717) is 6.04 Å².